The number of fused-ring (bicyclic) bond motifs is 6. The van der Waals surface area contributed by atoms with Gasteiger partial charge in [0.2, 0.25) is 0 Å². The van der Waals surface area contributed by atoms with Crippen molar-refractivity contribution in [2.45, 2.75) is 37.5 Å². The number of ether oxygens (including phenoxy) is 1. The van der Waals surface area contributed by atoms with Gasteiger partial charge in [0.05, 0.1) is 31.3 Å². The van der Waals surface area contributed by atoms with Gasteiger partial charge in [-0.05, 0) is 42.7 Å². The molecular weight excluding hydrogens is 344 g/mol. The van der Waals surface area contributed by atoms with Gasteiger partial charge in [-0.15, -0.1) is 0 Å². The third-order valence-electron chi connectivity index (χ3n) is 7.08. The third kappa shape index (κ3) is 2.54. The molecule has 1 unspecified atom stereocenters. The van der Waals surface area contributed by atoms with Crippen molar-refractivity contribution in [3.63, 3.8) is 0 Å². The molecule has 144 valence electrons. The predicted octanol–water partition coefficient (Wildman–Crippen LogP) is 1.62. The zero-order valence-electron chi connectivity index (χ0n) is 15.5. The van der Waals surface area contributed by atoms with E-state index in [1.165, 1.54) is 23.8 Å². The van der Waals surface area contributed by atoms with E-state index in [0.717, 1.165) is 31.4 Å². The molecule has 6 atom stereocenters. The highest BCUT2D eigenvalue weighted by Crippen LogP contribution is 2.49. The molecule has 0 spiro atoms. The molecule has 2 fully saturated rings. The van der Waals surface area contributed by atoms with Gasteiger partial charge in [0.1, 0.15) is 0 Å². The number of carbonyl (C=O) groups is 1. The lowest BCUT2D eigenvalue weighted by molar-refractivity contribution is -0.171. The number of para-hydroxylation sites is 1. The van der Waals surface area contributed by atoms with Crippen LogP contribution >= 0.6 is 0 Å². The summed E-state index contributed by atoms with van der Waals surface area (Å²) in [5.74, 6) is -0.831. The van der Waals surface area contributed by atoms with Gasteiger partial charge in [-0.3, -0.25) is 9.69 Å². The first-order valence-electron chi connectivity index (χ1n) is 9.86. The molecule has 0 amide bonds. The molecule has 1 saturated carbocycles. The van der Waals surface area contributed by atoms with Gasteiger partial charge in [0, 0.05) is 29.7 Å². The first-order valence-corrected chi connectivity index (χ1v) is 9.86. The summed E-state index contributed by atoms with van der Waals surface area (Å²) in [4.78, 5) is 18.5. The van der Waals surface area contributed by atoms with E-state index in [-0.39, 0.29) is 17.9 Å². The zero-order valence-corrected chi connectivity index (χ0v) is 15.5. The minimum Gasteiger partial charge on any atom is -0.469 e. The minimum atomic E-state index is -1.05. The highest BCUT2D eigenvalue weighted by atomic mass is 16.5. The molecule has 3 heterocycles. The van der Waals surface area contributed by atoms with Gasteiger partial charge in [0.25, 0.3) is 0 Å². The van der Waals surface area contributed by atoms with Crippen molar-refractivity contribution in [2.75, 3.05) is 20.2 Å². The number of nitrogens with one attached hydrogen (secondary N) is 1. The van der Waals surface area contributed by atoms with Crippen molar-refractivity contribution < 1.29 is 19.7 Å². The Bertz CT molecular complexity index is 878. The molecule has 6 nitrogen and oxygen atoms in total. The summed E-state index contributed by atoms with van der Waals surface area (Å²) in [5, 5.41) is 22.1. The molecule has 27 heavy (non-hydrogen) atoms. The normalized spacial score (nSPS) is 36.0. The zero-order chi connectivity index (χ0) is 18.7. The van der Waals surface area contributed by atoms with Gasteiger partial charge in [-0.25, -0.2) is 0 Å². The Labute approximate surface area is 158 Å². The van der Waals surface area contributed by atoms with Gasteiger partial charge in [-0.1, -0.05) is 18.2 Å². The van der Waals surface area contributed by atoms with Crippen LogP contribution in [0.25, 0.3) is 10.9 Å². The Morgan fingerprint density at radius 2 is 2.07 bits per heavy atom. The smallest absolute Gasteiger partial charge is 0.311 e. The summed E-state index contributed by atoms with van der Waals surface area (Å²) in [6.45, 7) is 1.84. The van der Waals surface area contributed by atoms with Crippen molar-refractivity contribution in [1.29, 1.82) is 0 Å². The number of rotatable bonds is 1. The van der Waals surface area contributed by atoms with Crippen LogP contribution in [0.5, 0.6) is 0 Å². The lowest BCUT2D eigenvalue weighted by Crippen LogP contribution is -2.57. The predicted molar refractivity (Wildman–Crippen MR) is 100 cm³/mol. The molecule has 6 heteroatoms. The van der Waals surface area contributed by atoms with E-state index in [4.69, 9.17) is 4.74 Å². The quantitative estimate of drug-likeness (QED) is 0.664. The topological polar surface area (TPSA) is 85.8 Å². The van der Waals surface area contributed by atoms with Crippen LogP contribution in [-0.4, -0.2) is 58.5 Å². The molecule has 5 rings (SSSR count). The average Bonchev–Trinajstić information content (AvgIpc) is 3.06. The number of carbonyl (C=O) groups excluding carboxylic acids is 1. The number of piperidine rings is 1. The van der Waals surface area contributed by atoms with E-state index in [9.17, 15) is 15.0 Å². The standard InChI is InChI=1S/C21H26N2O4/c1-27-21(26)18-14-9-16-19-13(12-4-2-3-5-15(12)22-19)6-7-23(16)10-11(14)8-17(24)20(18)25/h2-5,11,14,16-18,20,22,24-25H,6-10H2,1H3/t11-,14+,16-,17?,18+,20+/m1/s1. The van der Waals surface area contributed by atoms with Crippen LogP contribution < -0.4 is 0 Å². The van der Waals surface area contributed by atoms with Crippen LogP contribution in [-0.2, 0) is 16.0 Å². The van der Waals surface area contributed by atoms with Crippen molar-refractivity contribution in [3.05, 3.63) is 35.5 Å². The number of hydrogen-bond acceptors (Lipinski definition) is 5. The number of esters is 1. The molecule has 1 saturated heterocycles. The molecular formula is C21H26N2O4. The number of benzene rings is 1. The molecule has 3 aliphatic rings. The fourth-order valence-electron chi connectivity index (χ4n) is 5.82. The fraction of sp³-hybridized carbons (Fsp3) is 0.571. The summed E-state index contributed by atoms with van der Waals surface area (Å²) >= 11 is 0. The van der Waals surface area contributed by atoms with Crippen LogP contribution in [0.1, 0.15) is 30.1 Å². The number of H-pyrrole nitrogens is 1. The Morgan fingerprint density at radius 3 is 2.89 bits per heavy atom. The SMILES string of the molecule is COC(=O)[C@H]1[C@H]2C[C@@H]3c4[nH]c5ccccc5c4CCN3C[C@H]2CC(O)[C@@H]1O. The lowest BCUT2D eigenvalue weighted by Gasteiger charge is -2.51. The summed E-state index contributed by atoms with van der Waals surface area (Å²) in [5.41, 5.74) is 3.80. The molecule has 0 radical (unpaired) electrons. The van der Waals surface area contributed by atoms with Crippen molar-refractivity contribution in [2.24, 2.45) is 17.8 Å². The monoisotopic (exact) mass is 370 g/mol. The van der Waals surface area contributed by atoms with Crippen molar-refractivity contribution >= 4 is 16.9 Å². The third-order valence-corrected chi connectivity index (χ3v) is 7.08. The second-order valence-corrected chi connectivity index (χ2v) is 8.33. The van der Waals surface area contributed by atoms with Gasteiger partial charge in [-0.2, -0.15) is 0 Å². The Hall–Kier alpha value is -1.89. The highest BCUT2D eigenvalue weighted by Gasteiger charge is 2.52. The molecule has 1 aliphatic carbocycles. The minimum absolute atomic E-state index is 0.0227. The Morgan fingerprint density at radius 1 is 1.26 bits per heavy atom. The van der Waals surface area contributed by atoms with Crippen LogP contribution in [0.4, 0.5) is 0 Å². The lowest BCUT2D eigenvalue weighted by atomic mass is 9.64. The second-order valence-electron chi connectivity index (χ2n) is 8.33. The molecule has 2 aromatic rings. The maximum Gasteiger partial charge on any atom is 0.311 e. The van der Waals surface area contributed by atoms with Crippen molar-refractivity contribution in [3.8, 4) is 0 Å². The van der Waals surface area contributed by atoms with Crippen LogP contribution in [0.3, 0.4) is 0 Å². The summed E-state index contributed by atoms with van der Waals surface area (Å²) in [6, 6.07) is 8.62. The number of nitrogens with zero attached hydrogens (tertiary/aromatic N) is 1. The number of aliphatic hydroxyl groups excluding tert-OH is 2. The number of methoxy groups -OCH3 is 1. The molecule has 3 N–H and O–H groups in total. The van der Waals surface area contributed by atoms with E-state index in [1.54, 1.807) is 0 Å². The largest absolute Gasteiger partial charge is 0.469 e. The average molecular weight is 370 g/mol. The number of aromatic nitrogens is 1. The van der Waals surface area contributed by atoms with Crippen LogP contribution in [0, 0.1) is 17.8 Å². The van der Waals surface area contributed by atoms with Crippen molar-refractivity contribution in [1.82, 2.24) is 9.88 Å². The van der Waals surface area contributed by atoms with E-state index in [1.807, 2.05) is 6.07 Å². The highest BCUT2D eigenvalue weighted by molar-refractivity contribution is 5.85. The van der Waals surface area contributed by atoms with Gasteiger partial charge >= 0.3 is 5.97 Å². The second kappa shape index (κ2) is 6.33. The Kier molecular flexibility index (Phi) is 4.04. The number of aromatic amines is 1. The van der Waals surface area contributed by atoms with Gasteiger partial charge < -0.3 is 19.9 Å². The maximum absolute atomic E-state index is 12.4. The fourth-order valence-corrected chi connectivity index (χ4v) is 5.82. The van der Waals surface area contributed by atoms with E-state index >= 15 is 0 Å². The van der Waals surface area contributed by atoms with E-state index in [0.29, 0.717) is 6.42 Å². The van der Waals surface area contributed by atoms with E-state index < -0.39 is 24.1 Å². The first-order chi connectivity index (χ1) is 13.1. The molecule has 1 aromatic heterocycles. The van der Waals surface area contributed by atoms with E-state index in [2.05, 4.69) is 28.1 Å². The van der Waals surface area contributed by atoms with Crippen LogP contribution in [0.15, 0.2) is 24.3 Å². The number of aliphatic hydroxyl groups is 2. The Balaban J connectivity index is 1.53. The summed E-state index contributed by atoms with van der Waals surface area (Å²) < 4.78 is 4.98. The van der Waals surface area contributed by atoms with Crippen LogP contribution in [0.2, 0.25) is 0 Å². The first kappa shape index (κ1) is 17.2. The number of hydrogen-bond donors (Lipinski definition) is 3. The van der Waals surface area contributed by atoms with Gasteiger partial charge in [0.15, 0.2) is 0 Å². The summed E-state index contributed by atoms with van der Waals surface area (Å²) in [6.07, 6.45) is 0.450. The molecule has 0 bridgehead atoms. The summed E-state index contributed by atoms with van der Waals surface area (Å²) in [7, 11) is 1.36. The molecule has 2 aliphatic heterocycles. The molecule has 1 aromatic carbocycles. The maximum atomic E-state index is 12.4.